The highest BCUT2D eigenvalue weighted by molar-refractivity contribution is 6.01. The van der Waals surface area contributed by atoms with Gasteiger partial charge in [0.25, 0.3) is 5.56 Å². The summed E-state index contributed by atoms with van der Waals surface area (Å²) in [7, 11) is 0. The fourth-order valence-corrected chi connectivity index (χ4v) is 2.72. The fourth-order valence-electron chi connectivity index (χ4n) is 2.72. The van der Waals surface area contributed by atoms with E-state index in [1.54, 1.807) is 55.5 Å². The summed E-state index contributed by atoms with van der Waals surface area (Å²) in [5.74, 6) is -1.26. The number of aryl methyl sites for hydroxylation is 1. The number of hydrogen-bond donors (Lipinski definition) is 2. The summed E-state index contributed by atoms with van der Waals surface area (Å²) in [6.45, 7) is 2.04. The number of nitriles is 1. The largest absolute Gasteiger partial charge is 0.478 e. The average Bonchev–Trinajstić information content (AvgIpc) is 2.69. The molecule has 3 rings (SSSR count). The number of aromatic nitrogens is 2. The number of nitrogens with one attached hydrogen (secondary N) is 1. The lowest BCUT2D eigenvalue weighted by molar-refractivity contribution is 0.0698. The van der Waals surface area contributed by atoms with Gasteiger partial charge in [-0.2, -0.15) is 10.4 Å². The highest BCUT2D eigenvalue weighted by Gasteiger charge is 2.23. The minimum atomic E-state index is -1.26. The zero-order chi connectivity index (χ0) is 19.4. The van der Waals surface area contributed by atoms with E-state index in [-0.39, 0.29) is 23.5 Å². The summed E-state index contributed by atoms with van der Waals surface area (Å²) >= 11 is 0. The highest BCUT2D eigenvalue weighted by Crippen LogP contribution is 2.27. The van der Waals surface area contributed by atoms with Crippen LogP contribution in [0.25, 0.3) is 11.3 Å². The second-order valence-electron chi connectivity index (χ2n) is 5.71. The molecule has 27 heavy (non-hydrogen) atoms. The Hall–Kier alpha value is -3.92. The summed E-state index contributed by atoms with van der Waals surface area (Å²) in [4.78, 5) is 24.8. The summed E-state index contributed by atoms with van der Waals surface area (Å²) < 4.78 is 1.21. The van der Waals surface area contributed by atoms with Gasteiger partial charge >= 0.3 is 5.97 Å². The number of anilines is 2. The van der Waals surface area contributed by atoms with Crippen LogP contribution < -0.4 is 10.9 Å². The van der Waals surface area contributed by atoms with E-state index in [0.29, 0.717) is 16.8 Å². The Balaban J connectivity index is 2.27. The van der Waals surface area contributed by atoms with E-state index < -0.39 is 11.5 Å². The molecule has 0 aliphatic rings. The number of carboxylic acid groups (broad SMARTS) is 1. The van der Waals surface area contributed by atoms with E-state index in [1.165, 1.54) is 4.68 Å². The van der Waals surface area contributed by atoms with Crippen LogP contribution >= 0.6 is 0 Å². The lowest BCUT2D eigenvalue weighted by Crippen LogP contribution is -2.28. The zero-order valence-electron chi connectivity index (χ0n) is 14.5. The van der Waals surface area contributed by atoms with Crippen molar-refractivity contribution >= 4 is 17.3 Å². The highest BCUT2D eigenvalue weighted by atomic mass is 16.4. The molecule has 0 saturated heterocycles. The van der Waals surface area contributed by atoms with E-state index in [9.17, 15) is 14.7 Å². The number of carboxylic acids is 1. The van der Waals surface area contributed by atoms with Gasteiger partial charge in [-0.25, -0.2) is 9.48 Å². The molecule has 0 radical (unpaired) electrons. The van der Waals surface area contributed by atoms with E-state index in [4.69, 9.17) is 5.26 Å². The van der Waals surface area contributed by atoms with Gasteiger partial charge in [-0.15, -0.1) is 0 Å². The molecule has 0 aliphatic carbocycles. The maximum atomic E-state index is 12.8. The Kier molecular flexibility index (Phi) is 4.99. The second kappa shape index (κ2) is 7.54. The smallest absolute Gasteiger partial charge is 0.340 e. The molecule has 0 spiro atoms. The molecule has 7 nitrogen and oxygen atoms in total. The van der Waals surface area contributed by atoms with Crippen molar-refractivity contribution in [3.63, 3.8) is 0 Å². The Morgan fingerprint density at radius 3 is 2.59 bits per heavy atom. The van der Waals surface area contributed by atoms with Crippen molar-refractivity contribution in [3.05, 3.63) is 76.1 Å². The van der Waals surface area contributed by atoms with Gasteiger partial charge in [-0.05, 0) is 25.1 Å². The van der Waals surface area contributed by atoms with Crippen molar-refractivity contribution in [2.24, 2.45) is 0 Å². The van der Waals surface area contributed by atoms with Crippen LogP contribution in [0.3, 0.4) is 0 Å². The zero-order valence-corrected chi connectivity index (χ0v) is 14.5. The number of benzene rings is 2. The number of aromatic carboxylic acids is 1. The molecular formula is C20H16N4O3. The van der Waals surface area contributed by atoms with Crippen LogP contribution in [0.4, 0.5) is 11.4 Å². The lowest BCUT2D eigenvalue weighted by Gasteiger charge is -2.15. The maximum absolute atomic E-state index is 12.8. The van der Waals surface area contributed by atoms with Crippen molar-refractivity contribution in [1.82, 2.24) is 9.78 Å². The van der Waals surface area contributed by atoms with Crippen LogP contribution in [0, 0.1) is 11.3 Å². The minimum absolute atomic E-state index is 0.0895. The molecule has 7 heteroatoms. The molecule has 2 N–H and O–H groups in total. The van der Waals surface area contributed by atoms with Gasteiger partial charge in [0.15, 0.2) is 0 Å². The van der Waals surface area contributed by atoms with E-state index in [2.05, 4.69) is 10.4 Å². The van der Waals surface area contributed by atoms with Crippen molar-refractivity contribution < 1.29 is 9.90 Å². The molecule has 0 fully saturated rings. The van der Waals surface area contributed by atoms with Crippen LogP contribution in [0.15, 0.2) is 59.4 Å². The molecule has 0 amide bonds. The molecule has 0 aliphatic heterocycles. The number of rotatable bonds is 5. The molecular weight excluding hydrogens is 344 g/mol. The van der Waals surface area contributed by atoms with Gasteiger partial charge in [-0.3, -0.25) is 4.79 Å². The summed E-state index contributed by atoms with van der Waals surface area (Å²) in [5, 5.41) is 26.0. The molecule has 0 saturated carbocycles. The summed E-state index contributed by atoms with van der Waals surface area (Å²) in [5.41, 5.74) is 0.782. The third kappa shape index (κ3) is 3.55. The molecule has 2 aromatic carbocycles. The van der Waals surface area contributed by atoms with Gasteiger partial charge in [0.1, 0.15) is 16.9 Å². The quantitative estimate of drug-likeness (QED) is 0.723. The molecule has 134 valence electrons. The number of hydrogen-bond acceptors (Lipinski definition) is 5. The van der Waals surface area contributed by atoms with Gasteiger partial charge in [0, 0.05) is 17.8 Å². The molecule has 0 bridgehead atoms. The topological polar surface area (TPSA) is 108 Å². The van der Waals surface area contributed by atoms with Crippen molar-refractivity contribution in [2.75, 3.05) is 5.32 Å². The van der Waals surface area contributed by atoms with E-state index >= 15 is 0 Å². The van der Waals surface area contributed by atoms with Gasteiger partial charge in [0.05, 0.1) is 11.6 Å². The normalized spacial score (nSPS) is 10.2. The Morgan fingerprint density at radius 1 is 1.22 bits per heavy atom. The third-order valence-electron chi connectivity index (χ3n) is 3.98. The predicted molar refractivity (Wildman–Crippen MR) is 101 cm³/mol. The first-order valence-electron chi connectivity index (χ1n) is 8.26. The van der Waals surface area contributed by atoms with Gasteiger partial charge in [0.2, 0.25) is 0 Å². The van der Waals surface area contributed by atoms with Crippen LogP contribution in [0.2, 0.25) is 0 Å². The summed E-state index contributed by atoms with van der Waals surface area (Å²) in [6.07, 6.45) is 0. The first-order valence-corrected chi connectivity index (χ1v) is 8.26. The Morgan fingerprint density at radius 2 is 1.96 bits per heavy atom. The minimum Gasteiger partial charge on any atom is -0.478 e. The van der Waals surface area contributed by atoms with E-state index in [0.717, 1.165) is 0 Å². The van der Waals surface area contributed by atoms with Crippen molar-refractivity contribution in [3.8, 4) is 17.3 Å². The average molecular weight is 360 g/mol. The Labute approximate surface area is 155 Å². The maximum Gasteiger partial charge on any atom is 0.340 e. The van der Waals surface area contributed by atoms with Crippen LogP contribution in [0.5, 0.6) is 0 Å². The van der Waals surface area contributed by atoms with Crippen LogP contribution in [-0.2, 0) is 6.54 Å². The molecule has 1 heterocycles. The molecule has 3 aromatic rings. The van der Waals surface area contributed by atoms with Crippen molar-refractivity contribution in [2.45, 2.75) is 13.5 Å². The third-order valence-corrected chi connectivity index (χ3v) is 3.98. The van der Waals surface area contributed by atoms with Crippen LogP contribution in [-0.4, -0.2) is 20.9 Å². The fraction of sp³-hybridized carbons (Fsp3) is 0.100. The molecule has 1 aromatic heterocycles. The first-order chi connectivity index (χ1) is 13.0. The monoisotopic (exact) mass is 360 g/mol. The SMILES string of the molecule is CCn1nc(-c2ccccc2)c(C(=O)O)c(Nc2cccc(C#N)c2)c1=O. The lowest BCUT2D eigenvalue weighted by atomic mass is 10.0. The Bertz CT molecular complexity index is 1100. The first kappa shape index (κ1) is 17.9. The predicted octanol–water partition coefficient (Wildman–Crippen LogP) is 3.24. The molecule has 0 unspecified atom stereocenters. The standard InChI is InChI=1S/C20H16N4O3/c1-2-24-19(25)18(22-15-10-6-7-13(11-15)12-21)16(20(26)27)17(23-24)14-8-4-3-5-9-14/h3-11,22H,2H2,1H3,(H,26,27). The van der Waals surface area contributed by atoms with E-state index in [1.807, 2.05) is 12.1 Å². The second-order valence-corrected chi connectivity index (χ2v) is 5.71. The van der Waals surface area contributed by atoms with Crippen molar-refractivity contribution in [1.29, 1.82) is 5.26 Å². The number of nitrogens with zero attached hydrogens (tertiary/aromatic N) is 3. The van der Waals surface area contributed by atoms with Crippen LogP contribution in [0.1, 0.15) is 22.8 Å². The summed E-state index contributed by atoms with van der Waals surface area (Å²) in [6, 6.07) is 17.3. The molecule has 0 atom stereocenters. The van der Waals surface area contributed by atoms with Gasteiger partial charge < -0.3 is 10.4 Å². The number of carbonyl (C=O) groups is 1. The van der Waals surface area contributed by atoms with Gasteiger partial charge in [-0.1, -0.05) is 36.4 Å².